The van der Waals surface area contributed by atoms with E-state index in [0.29, 0.717) is 6.04 Å². The van der Waals surface area contributed by atoms with Crippen LogP contribution in [-0.4, -0.2) is 49.7 Å². The largest absolute Gasteiger partial charge is 0.314 e. The molecule has 1 fully saturated rings. The van der Waals surface area contributed by atoms with Gasteiger partial charge >= 0.3 is 0 Å². The van der Waals surface area contributed by atoms with Crippen molar-refractivity contribution in [1.29, 1.82) is 0 Å². The maximum atomic E-state index is 4.42. The first kappa shape index (κ1) is 12.5. The molecule has 0 saturated carbocycles. The molecule has 0 spiro atoms. The molecule has 1 aromatic heterocycles. The summed E-state index contributed by atoms with van der Waals surface area (Å²) in [6, 6.07) is 6.48. The van der Waals surface area contributed by atoms with E-state index in [2.05, 4.69) is 32.7 Å². The van der Waals surface area contributed by atoms with Crippen LogP contribution in [0.3, 0.4) is 0 Å². The van der Waals surface area contributed by atoms with Crippen LogP contribution in [0.5, 0.6) is 0 Å². The lowest BCUT2D eigenvalue weighted by atomic mass is 10.1. The van der Waals surface area contributed by atoms with Gasteiger partial charge in [0.25, 0.3) is 0 Å². The topological polar surface area (TPSA) is 40.2 Å². The summed E-state index contributed by atoms with van der Waals surface area (Å²) in [7, 11) is 2.01. The van der Waals surface area contributed by atoms with Gasteiger partial charge in [-0.2, -0.15) is 0 Å². The van der Waals surface area contributed by atoms with Crippen LogP contribution in [0.2, 0.25) is 0 Å². The molecule has 0 amide bonds. The lowest BCUT2D eigenvalue weighted by Gasteiger charge is -2.28. The Labute approximate surface area is 103 Å². The molecule has 4 heteroatoms. The average Bonchev–Trinajstić information content (AvgIpc) is 2.42. The Hall–Kier alpha value is -0.970. The van der Waals surface area contributed by atoms with E-state index < -0.39 is 0 Å². The Morgan fingerprint density at radius 1 is 1.41 bits per heavy atom. The zero-order valence-electron chi connectivity index (χ0n) is 10.5. The third-order valence-corrected chi connectivity index (χ3v) is 3.34. The van der Waals surface area contributed by atoms with Crippen molar-refractivity contribution in [2.45, 2.75) is 12.5 Å². The molecule has 2 N–H and O–H groups in total. The van der Waals surface area contributed by atoms with Crippen LogP contribution in [0.4, 0.5) is 0 Å². The van der Waals surface area contributed by atoms with Crippen molar-refractivity contribution >= 4 is 0 Å². The summed E-state index contributed by atoms with van der Waals surface area (Å²) in [4.78, 5) is 6.94. The number of hydrogen-bond donors (Lipinski definition) is 2. The van der Waals surface area contributed by atoms with Gasteiger partial charge in [0.1, 0.15) is 0 Å². The van der Waals surface area contributed by atoms with Crippen LogP contribution < -0.4 is 10.6 Å². The van der Waals surface area contributed by atoms with Crippen LogP contribution in [0.15, 0.2) is 24.4 Å². The average molecular weight is 234 g/mol. The summed E-state index contributed by atoms with van der Waals surface area (Å²) < 4.78 is 0. The van der Waals surface area contributed by atoms with E-state index in [1.165, 1.54) is 13.1 Å². The van der Waals surface area contributed by atoms with Crippen molar-refractivity contribution in [3.8, 4) is 0 Å². The predicted molar refractivity (Wildman–Crippen MR) is 70.0 cm³/mol. The Bertz CT molecular complexity index is 308. The van der Waals surface area contributed by atoms with E-state index in [9.17, 15) is 0 Å². The van der Waals surface area contributed by atoms with E-state index in [1.807, 2.05) is 19.3 Å². The first-order valence-corrected chi connectivity index (χ1v) is 6.41. The summed E-state index contributed by atoms with van der Waals surface area (Å²) in [5.41, 5.74) is 1.14. The van der Waals surface area contributed by atoms with Crippen molar-refractivity contribution in [2.75, 3.05) is 39.8 Å². The maximum Gasteiger partial charge on any atom is 0.0573 e. The highest BCUT2D eigenvalue weighted by Gasteiger charge is 2.14. The van der Waals surface area contributed by atoms with Crippen LogP contribution in [0, 0.1) is 0 Å². The third-order valence-electron chi connectivity index (χ3n) is 3.34. The number of rotatable bonds is 5. The summed E-state index contributed by atoms with van der Waals surface area (Å²) in [5, 5.41) is 6.73. The van der Waals surface area contributed by atoms with Gasteiger partial charge in [-0.05, 0) is 25.6 Å². The fourth-order valence-electron chi connectivity index (χ4n) is 2.27. The first-order valence-electron chi connectivity index (χ1n) is 6.41. The highest BCUT2D eigenvalue weighted by atomic mass is 15.2. The molecule has 2 rings (SSSR count). The molecule has 94 valence electrons. The van der Waals surface area contributed by atoms with Gasteiger partial charge in [-0.3, -0.25) is 4.98 Å². The molecule has 1 atom stereocenters. The molecule has 2 heterocycles. The molecule has 1 aromatic rings. The van der Waals surface area contributed by atoms with Crippen molar-refractivity contribution in [2.24, 2.45) is 0 Å². The monoisotopic (exact) mass is 234 g/mol. The van der Waals surface area contributed by atoms with Gasteiger partial charge in [-0.25, -0.2) is 0 Å². The second-order valence-corrected chi connectivity index (χ2v) is 4.48. The molecule has 0 radical (unpaired) electrons. The number of hydrogen-bond acceptors (Lipinski definition) is 4. The fraction of sp³-hybridized carbons (Fsp3) is 0.615. The third kappa shape index (κ3) is 3.77. The maximum absolute atomic E-state index is 4.42. The van der Waals surface area contributed by atoms with Crippen molar-refractivity contribution in [3.05, 3.63) is 30.1 Å². The van der Waals surface area contributed by atoms with Crippen LogP contribution >= 0.6 is 0 Å². The molecule has 0 aromatic carbocycles. The molecule has 4 nitrogen and oxygen atoms in total. The Morgan fingerprint density at radius 2 is 2.24 bits per heavy atom. The van der Waals surface area contributed by atoms with Gasteiger partial charge in [0.2, 0.25) is 0 Å². The van der Waals surface area contributed by atoms with E-state index in [4.69, 9.17) is 0 Å². The fourth-order valence-corrected chi connectivity index (χ4v) is 2.27. The number of piperazine rings is 1. The van der Waals surface area contributed by atoms with E-state index >= 15 is 0 Å². The lowest BCUT2D eigenvalue weighted by Crippen LogP contribution is -2.44. The highest BCUT2D eigenvalue weighted by Crippen LogP contribution is 2.13. The number of aromatic nitrogens is 1. The molecule has 1 aliphatic rings. The van der Waals surface area contributed by atoms with Gasteiger partial charge in [0.15, 0.2) is 0 Å². The van der Waals surface area contributed by atoms with Gasteiger partial charge in [0.05, 0.1) is 11.7 Å². The summed E-state index contributed by atoms with van der Waals surface area (Å²) in [5.74, 6) is 0. The summed E-state index contributed by atoms with van der Waals surface area (Å²) in [6.07, 6.45) is 2.98. The summed E-state index contributed by atoms with van der Waals surface area (Å²) >= 11 is 0. The quantitative estimate of drug-likeness (QED) is 0.784. The van der Waals surface area contributed by atoms with Crippen molar-refractivity contribution in [1.82, 2.24) is 20.5 Å². The van der Waals surface area contributed by atoms with Gasteiger partial charge in [0, 0.05) is 38.9 Å². The molecular formula is C13H22N4. The second kappa shape index (κ2) is 6.69. The van der Waals surface area contributed by atoms with E-state index in [0.717, 1.165) is 31.7 Å². The first-order chi connectivity index (χ1) is 8.40. The SMILES string of the molecule is CNC(CCN1CCNCC1)c1ccccn1. The molecule has 0 aliphatic carbocycles. The second-order valence-electron chi connectivity index (χ2n) is 4.48. The normalized spacial score (nSPS) is 19.1. The zero-order chi connectivity index (χ0) is 11.9. The number of nitrogens with one attached hydrogen (secondary N) is 2. The Balaban J connectivity index is 1.83. The molecule has 1 unspecified atom stereocenters. The minimum atomic E-state index is 0.367. The predicted octanol–water partition coefficient (Wildman–Crippen LogP) is 0.637. The lowest BCUT2D eigenvalue weighted by molar-refractivity contribution is 0.229. The van der Waals surface area contributed by atoms with Crippen molar-refractivity contribution < 1.29 is 0 Å². The van der Waals surface area contributed by atoms with E-state index in [1.54, 1.807) is 0 Å². The van der Waals surface area contributed by atoms with Crippen molar-refractivity contribution in [3.63, 3.8) is 0 Å². The number of nitrogens with zero attached hydrogens (tertiary/aromatic N) is 2. The number of pyridine rings is 1. The molecule has 1 aliphatic heterocycles. The van der Waals surface area contributed by atoms with Crippen LogP contribution in [-0.2, 0) is 0 Å². The van der Waals surface area contributed by atoms with Crippen LogP contribution in [0.1, 0.15) is 18.2 Å². The van der Waals surface area contributed by atoms with Gasteiger partial charge in [-0.1, -0.05) is 6.07 Å². The minimum absolute atomic E-state index is 0.367. The standard InChI is InChI=1S/C13H22N4/c1-14-12(13-4-2-3-6-16-13)5-9-17-10-7-15-8-11-17/h2-4,6,12,14-15H,5,7-11H2,1H3. The Morgan fingerprint density at radius 3 is 2.88 bits per heavy atom. The van der Waals surface area contributed by atoms with Gasteiger partial charge in [-0.15, -0.1) is 0 Å². The smallest absolute Gasteiger partial charge is 0.0573 e. The summed E-state index contributed by atoms with van der Waals surface area (Å²) in [6.45, 7) is 5.71. The molecule has 17 heavy (non-hydrogen) atoms. The Kier molecular flexibility index (Phi) is 4.91. The molecular weight excluding hydrogens is 212 g/mol. The minimum Gasteiger partial charge on any atom is -0.314 e. The zero-order valence-corrected chi connectivity index (χ0v) is 10.5. The van der Waals surface area contributed by atoms with E-state index in [-0.39, 0.29) is 0 Å². The highest BCUT2D eigenvalue weighted by molar-refractivity contribution is 5.08. The molecule has 1 saturated heterocycles. The van der Waals surface area contributed by atoms with Crippen LogP contribution in [0.25, 0.3) is 0 Å². The van der Waals surface area contributed by atoms with Gasteiger partial charge < -0.3 is 15.5 Å². The molecule has 0 bridgehead atoms.